The van der Waals surface area contributed by atoms with E-state index in [1.54, 1.807) is 24.0 Å². The number of carbonyl (C=O) groups is 1. The third kappa shape index (κ3) is 4.58. The van der Waals surface area contributed by atoms with Gasteiger partial charge in [-0.1, -0.05) is 17.3 Å². The van der Waals surface area contributed by atoms with Crippen LogP contribution in [0.3, 0.4) is 0 Å². The number of alkyl halides is 2. The molecule has 3 aromatic rings. The number of rotatable bonds is 6. The molecule has 4 rings (SSSR count). The van der Waals surface area contributed by atoms with Crippen molar-refractivity contribution >= 4 is 11.7 Å². The Morgan fingerprint density at radius 2 is 1.97 bits per heavy atom. The van der Waals surface area contributed by atoms with Crippen LogP contribution < -0.4 is 15.0 Å². The number of hydrogen-bond acceptors (Lipinski definition) is 8. The Kier molecular flexibility index (Phi) is 5.71. The van der Waals surface area contributed by atoms with Gasteiger partial charge in [0.2, 0.25) is 11.8 Å². The highest BCUT2D eigenvalue weighted by Crippen LogP contribution is 2.22. The molecule has 2 N–H and O–H groups in total. The van der Waals surface area contributed by atoms with Gasteiger partial charge in [0.15, 0.2) is 5.82 Å². The predicted molar refractivity (Wildman–Crippen MR) is 104 cm³/mol. The molecular formula is C19H19F2N7O3. The monoisotopic (exact) mass is 431 g/mol. The van der Waals surface area contributed by atoms with Crippen molar-refractivity contribution in [1.82, 2.24) is 30.5 Å². The van der Waals surface area contributed by atoms with Crippen LogP contribution in [0.1, 0.15) is 23.4 Å². The minimum atomic E-state index is -2.54. The fraction of sp³-hybridized carbons (Fsp3) is 0.316. The number of ether oxygens (including phenoxy) is 1. The average molecular weight is 431 g/mol. The lowest BCUT2D eigenvalue weighted by Gasteiger charge is -2.30. The fourth-order valence-corrected chi connectivity index (χ4v) is 3.11. The zero-order valence-corrected chi connectivity index (χ0v) is 16.4. The quantitative estimate of drug-likeness (QED) is 0.597. The molecule has 12 heteroatoms. The summed E-state index contributed by atoms with van der Waals surface area (Å²) in [6.45, 7) is 2.11. The summed E-state index contributed by atoms with van der Waals surface area (Å²) in [5.41, 5.74) is 1.75. The van der Waals surface area contributed by atoms with Gasteiger partial charge in [-0.2, -0.15) is 0 Å². The zero-order chi connectivity index (χ0) is 22.0. The Balaban J connectivity index is 1.45. The summed E-state index contributed by atoms with van der Waals surface area (Å²) >= 11 is 0. The van der Waals surface area contributed by atoms with Gasteiger partial charge in [0.25, 0.3) is 6.43 Å². The first kappa shape index (κ1) is 20.6. The van der Waals surface area contributed by atoms with E-state index in [9.17, 15) is 18.7 Å². The second-order valence-electron chi connectivity index (χ2n) is 6.91. The number of anilines is 1. The molecule has 1 aromatic carbocycles. The summed E-state index contributed by atoms with van der Waals surface area (Å²) in [6, 6.07) is 8.99. The van der Waals surface area contributed by atoms with Crippen LogP contribution >= 0.6 is 0 Å². The van der Waals surface area contributed by atoms with Crippen LogP contribution in [0, 0.1) is 6.92 Å². The highest BCUT2D eigenvalue weighted by atomic mass is 19.3. The van der Waals surface area contributed by atoms with Gasteiger partial charge in [-0.3, -0.25) is 4.79 Å². The molecule has 0 aliphatic carbocycles. The lowest BCUT2D eigenvalue weighted by atomic mass is 10.2. The lowest BCUT2D eigenvalue weighted by molar-refractivity contribution is -0.124. The minimum absolute atomic E-state index is 0.0698. The molecule has 162 valence electrons. The molecule has 3 heterocycles. The van der Waals surface area contributed by atoms with Crippen LogP contribution in [0.5, 0.6) is 5.88 Å². The lowest BCUT2D eigenvalue weighted by Crippen LogP contribution is -2.54. The molecule has 1 atom stereocenters. The van der Waals surface area contributed by atoms with Crippen molar-refractivity contribution in [2.24, 2.45) is 0 Å². The summed E-state index contributed by atoms with van der Waals surface area (Å²) < 4.78 is 32.8. The van der Waals surface area contributed by atoms with Gasteiger partial charge in [-0.25, -0.2) is 13.5 Å². The van der Waals surface area contributed by atoms with E-state index in [1.807, 2.05) is 0 Å². The topological polar surface area (TPSA) is 118 Å². The number of carbonyl (C=O) groups excluding carboxylic acids is 1. The number of aliphatic hydroxyl groups excluding tert-OH is 1. The molecule has 1 unspecified atom stereocenters. The Morgan fingerprint density at radius 3 is 2.61 bits per heavy atom. The van der Waals surface area contributed by atoms with Gasteiger partial charge in [-0.15, -0.1) is 15.3 Å². The predicted octanol–water partition coefficient (Wildman–Crippen LogP) is 1.14. The Morgan fingerprint density at radius 1 is 1.19 bits per heavy atom. The zero-order valence-electron chi connectivity index (χ0n) is 16.4. The van der Waals surface area contributed by atoms with Crippen molar-refractivity contribution in [1.29, 1.82) is 0 Å². The van der Waals surface area contributed by atoms with Crippen LogP contribution in [-0.4, -0.2) is 55.5 Å². The molecule has 0 bridgehead atoms. The molecule has 1 aliphatic heterocycles. The van der Waals surface area contributed by atoms with Crippen LogP contribution in [0.4, 0.5) is 14.6 Å². The van der Waals surface area contributed by atoms with Crippen LogP contribution in [0.25, 0.3) is 5.69 Å². The molecular weight excluding hydrogens is 412 g/mol. The Bertz CT molecular complexity index is 1060. The van der Waals surface area contributed by atoms with E-state index in [4.69, 9.17) is 4.74 Å². The van der Waals surface area contributed by atoms with E-state index in [-0.39, 0.29) is 37.0 Å². The molecule has 1 fully saturated rings. The average Bonchev–Trinajstić information content (AvgIpc) is 3.12. The molecule has 0 spiro atoms. The first-order valence-corrected chi connectivity index (χ1v) is 9.39. The number of amides is 1. The minimum Gasteiger partial charge on any atom is -0.470 e. The van der Waals surface area contributed by atoms with E-state index in [1.165, 1.54) is 28.9 Å². The maximum atomic E-state index is 12.8. The van der Waals surface area contributed by atoms with Gasteiger partial charge in [0.05, 0.1) is 24.5 Å². The second-order valence-corrected chi connectivity index (χ2v) is 6.91. The number of nitrogens with zero attached hydrogens (tertiary/aromatic N) is 6. The third-order valence-corrected chi connectivity index (χ3v) is 4.71. The third-order valence-electron chi connectivity index (χ3n) is 4.71. The number of nitrogens with one attached hydrogen (secondary N) is 1. The molecule has 1 aliphatic rings. The first-order chi connectivity index (χ1) is 14.9. The molecule has 1 saturated heterocycles. The summed E-state index contributed by atoms with van der Waals surface area (Å²) in [6.07, 6.45) is -3.51. The molecule has 0 radical (unpaired) electrons. The van der Waals surface area contributed by atoms with E-state index in [0.29, 0.717) is 22.9 Å². The number of halogens is 2. The number of benzene rings is 1. The van der Waals surface area contributed by atoms with E-state index >= 15 is 0 Å². The van der Waals surface area contributed by atoms with Gasteiger partial charge in [0, 0.05) is 11.6 Å². The normalized spacial score (nSPS) is 16.5. The number of piperazine rings is 1. The molecule has 2 aromatic heterocycles. The first-order valence-electron chi connectivity index (χ1n) is 9.39. The maximum Gasteiger partial charge on any atom is 0.263 e. The van der Waals surface area contributed by atoms with Crippen molar-refractivity contribution < 1.29 is 23.4 Å². The summed E-state index contributed by atoms with van der Waals surface area (Å²) in [5.74, 6) is 0.368. The number of hydrogen-bond donors (Lipinski definition) is 2. The SMILES string of the molecule is Cc1nnn(-c2ccc(C(F)F)cc2)c1COc1ccc(N2CC(=O)NC(O)C2)nn1. The van der Waals surface area contributed by atoms with Gasteiger partial charge < -0.3 is 20.1 Å². The number of aromatic nitrogens is 5. The van der Waals surface area contributed by atoms with Crippen LogP contribution in [0.15, 0.2) is 36.4 Å². The van der Waals surface area contributed by atoms with Crippen molar-refractivity contribution in [3.8, 4) is 11.6 Å². The van der Waals surface area contributed by atoms with Gasteiger partial charge >= 0.3 is 0 Å². The highest BCUT2D eigenvalue weighted by Gasteiger charge is 2.24. The van der Waals surface area contributed by atoms with E-state index < -0.39 is 12.7 Å². The molecule has 10 nitrogen and oxygen atoms in total. The van der Waals surface area contributed by atoms with Gasteiger partial charge in [0.1, 0.15) is 18.5 Å². The van der Waals surface area contributed by atoms with E-state index in [0.717, 1.165) is 0 Å². The smallest absolute Gasteiger partial charge is 0.263 e. The van der Waals surface area contributed by atoms with E-state index in [2.05, 4.69) is 25.8 Å². The summed E-state index contributed by atoms with van der Waals surface area (Å²) in [7, 11) is 0. The Labute approximate surface area is 175 Å². The largest absolute Gasteiger partial charge is 0.470 e. The van der Waals surface area contributed by atoms with Crippen LogP contribution in [0.2, 0.25) is 0 Å². The number of aryl methyl sites for hydroxylation is 1. The van der Waals surface area contributed by atoms with Gasteiger partial charge in [-0.05, 0) is 25.1 Å². The highest BCUT2D eigenvalue weighted by molar-refractivity contribution is 5.82. The molecule has 1 amide bonds. The molecule has 0 saturated carbocycles. The standard InChI is InChI=1S/C19H19F2N7O3/c1-11-14(28(26-23-11)13-4-2-12(3-5-13)19(20)21)10-31-18-7-6-15(24-25-18)27-8-16(29)22-17(30)9-27/h2-7,16,19,29H,8-10H2,1H3,(H,22,30). The van der Waals surface area contributed by atoms with Crippen LogP contribution in [-0.2, 0) is 11.4 Å². The van der Waals surface area contributed by atoms with Crippen molar-refractivity contribution in [2.75, 3.05) is 18.0 Å². The summed E-state index contributed by atoms with van der Waals surface area (Å²) in [4.78, 5) is 13.2. The van der Waals surface area contributed by atoms with Crippen molar-refractivity contribution in [3.63, 3.8) is 0 Å². The maximum absolute atomic E-state index is 12.8. The number of β-amino-alcohol motifs (C(OH)–C–C–N with tert-alkyl or cyclic N) is 1. The molecule has 31 heavy (non-hydrogen) atoms. The number of aliphatic hydroxyl groups is 1. The summed E-state index contributed by atoms with van der Waals surface area (Å²) in [5, 5.41) is 28.2. The Hall–Kier alpha value is -3.67. The van der Waals surface area contributed by atoms with Crippen molar-refractivity contribution in [2.45, 2.75) is 26.2 Å². The fourth-order valence-electron chi connectivity index (χ4n) is 3.11. The van der Waals surface area contributed by atoms with Crippen molar-refractivity contribution in [3.05, 3.63) is 53.3 Å². The second kappa shape index (κ2) is 8.60.